The van der Waals surface area contributed by atoms with Crippen molar-refractivity contribution in [3.63, 3.8) is 0 Å². The highest BCUT2D eigenvalue weighted by molar-refractivity contribution is 7.20. The fourth-order valence-electron chi connectivity index (χ4n) is 3.75. The number of Topliss-reactive ketones (excluding diaryl/α,β-unsaturated/α-hetero) is 1. The number of thiazole rings is 1. The number of rotatable bonds is 6. The van der Waals surface area contributed by atoms with E-state index in [9.17, 15) is 9.59 Å². The molecule has 1 amide bonds. The minimum Gasteiger partial charge on any atom is -0.460 e. The van der Waals surface area contributed by atoms with Crippen molar-refractivity contribution in [2.24, 2.45) is 11.5 Å². The number of furan rings is 1. The maximum absolute atomic E-state index is 13.7. The van der Waals surface area contributed by atoms with Gasteiger partial charge in [0.15, 0.2) is 5.01 Å². The molecule has 0 aliphatic heterocycles. The number of ketones is 1. The number of para-hydroxylation sites is 1. The summed E-state index contributed by atoms with van der Waals surface area (Å²) in [6, 6.07) is 22.0. The highest BCUT2D eigenvalue weighted by Gasteiger charge is 2.30. The monoisotopic (exact) mass is 441 g/mol. The van der Waals surface area contributed by atoms with Gasteiger partial charge in [-0.1, -0.05) is 36.4 Å². The zero-order valence-electron chi connectivity index (χ0n) is 16.9. The first-order valence-corrected chi connectivity index (χ1v) is 10.9. The number of hydrogen-bond donors (Lipinski definition) is 2. The van der Waals surface area contributed by atoms with Crippen LogP contribution in [0.5, 0.6) is 0 Å². The molecule has 6 nitrogen and oxygen atoms in total. The Balaban J connectivity index is 1.64. The number of nitrogens with zero attached hydrogens (tertiary/aromatic N) is 1. The molecular weight excluding hydrogens is 422 g/mol. The topological polar surface area (TPSA) is 112 Å². The Labute approximate surface area is 187 Å². The fourth-order valence-corrected chi connectivity index (χ4v) is 4.69. The van der Waals surface area contributed by atoms with Crippen LogP contribution in [0.2, 0.25) is 0 Å². The van der Waals surface area contributed by atoms with Crippen LogP contribution in [-0.4, -0.2) is 16.7 Å². The van der Waals surface area contributed by atoms with E-state index >= 15 is 0 Å². The van der Waals surface area contributed by atoms with Crippen LogP contribution in [0.4, 0.5) is 0 Å². The van der Waals surface area contributed by atoms with Gasteiger partial charge < -0.3 is 15.9 Å². The summed E-state index contributed by atoms with van der Waals surface area (Å²) in [5.41, 5.74) is 14.6. The summed E-state index contributed by atoms with van der Waals surface area (Å²) in [6.45, 7) is 0.414. The fraction of sp³-hybridized carbons (Fsp3) is 0.0800. The molecule has 158 valence electrons. The Morgan fingerprint density at radius 1 is 1.00 bits per heavy atom. The number of amides is 1. The normalized spacial score (nSPS) is 12.3. The number of aromatic nitrogens is 1. The highest BCUT2D eigenvalue weighted by Crippen LogP contribution is 2.35. The zero-order valence-corrected chi connectivity index (χ0v) is 17.8. The molecule has 0 bridgehead atoms. The molecule has 2 aromatic heterocycles. The molecule has 3 aromatic carbocycles. The Morgan fingerprint density at radius 3 is 2.50 bits per heavy atom. The van der Waals surface area contributed by atoms with E-state index in [0.717, 1.165) is 21.3 Å². The Morgan fingerprint density at radius 2 is 1.78 bits per heavy atom. The lowest BCUT2D eigenvalue weighted by molar-refractivity contribution is 0.0964. The third-order valence-electron chi connectivity index (χ3n) is 5.42. The summed E-state index contributed by atoms with van der Waals surface area (Å²) in [7, 11) is 0. The predicted molar refractivity (Wildman–Crippen MR) is 125 cm³/mol. The molecule has 0 aliphatic rings. The average molecular weight is 442 g/mol. The van der Waals surface area contributed by atoms with Gasteiger partial charge in [-0.25, -0.2) is 4.98 Å². The molecule has 1 unspecified atom stereocenters. The average Bonchev–Trinajstić information content (AvgIpc) is 3.43. The maximum Gasteiger partial charge on any atom is 0.248 e. The molecule has 0 fully saturated rings. The van der Waals surface area contributed by atoms with Gasteiger partial charge in [-0.2, -0.15) is 0 Å². The lowest BCUT2D eigenvalue weighted by Crippen LogP contribution is -2.14. The second-order valence-electron chi connectivity index (χ2n) is 7.50. The van der Waals surface area contributed by atoms with Crippen LogP contribution in [0, 0.1) is 0 Å². The van der Waals surface area contributed by atoms with Gasteiger partial charge in [-0.15, -0.1) is 11.3 Å². The zero-order chi connectivity index (χ0) is 22.2. The molecule has 7 heteroatoms. The van der Waals surface area contributed by atoms with Crippen LogP contribution in [0.15, 0.2) is 77.2 Å². The summed E-state index contributed by atoms with van der Waals surface area (Å²) >= 11 is 1.36. The van der Waals surface area contributed by atoms with Crippen LogP contribution < -0.4 is 11.5 Å². The second-order valence-corrected chi connectivity index (χ2v) is 8.53. The van der Waals surface area contributed by atoms with E-state index in [0.29, 0.717) is 33.8 Å². The number of carbonyl (C=O) groups excluding carboxylic acids is 2. The van der Waals surface area contributed by atoms with Crippen molar-refractivity contribution in [2.75, 3.05) is 0 Å². The largest absolute Gasteiger partial charge is 0.460 e. The van der Waals surface area contributed by atoms with Gasteiger partial charge in [0.2, 0.25) is 11.7 Å². The molecule has 0 spiro atoms. The van der Waals surface area contributed by atoms with E-state index in [-0.39, 0.29) is 5.78 Å². The Kier molecular flexibility index (Phi) is 5.05. The summed E-state index contributed by atoms with van der Waals surface area (Å²) < 4.78 is 7.02. The van der Waals surface area contributed by atoms with Crippen LogP contribution >= 0.6 is 11.3 Å². The van der Waals surface area contributed by atoms with Crippen LogP contribution in [0.25, 0.3) is 21.2 Å². The predicted octanol–water partition coefficient (Wildman–Crippen LogP) is 4.61. The molecule has 4 N–H and O–H groups in total. The molecule has 0 radical (unpaired) electrons. The van der Waals surface area contributed by atoms with Gasteiger partial charge in [0.25, 0.3) is 0 Å². The molecule has 0 saturated heterocycles. The summed E-state index contributed by atoms with van der Waals surface area (Å²) in [5, 5.41) is 1.12. The number of hydrogen-bond acceptors (Lipinski definition) is 6. The number of carbonyl (C=O) groups is 2. The molecule has 0 saturated carbocycles. The van der Waals surface area contributed by atoms with E-state index in [1.165, 1.54) is 11.3 Å². The third-order valence-corrected chi connectivity index (χ3v) is 6.47. The van der Waals surface area contributed by atoms with E-state index in [1.54, 1.807) is 24.3 Å². The molecule has 5 aromatic rings. The van der Waals surface area contributed by atoms with Crippen molar-refractivity contribution >= 4 is 44.2 Å². The van der Waals surface area contributed by atoms with Crippen LogP contribution in [-0.2, 0) is 6.54 Å². The van der Waals surface area contributed by atoms with Crippen LogP contribution in [0.3, 0.4) is 0 Å². The molecular formula is C25H19N3O3S. The summed E-state index contributed by atoms with van der Waals surface area (Å²) in [5.74, 6) is -0.881. The van der Waals surface area contributed by atoms with E-state index in [2.05, 4.69) is 4.98 Å². The van der Waals surface area contributed by atoms with Crippen LogP contribution in [0.1, 0.15) is 43.0 Å². The molecule has 1 atom stereocenters. The number of primary amides is 1. The van der Waals surface area contributed by atoms with E-state index in [1.807, 2.05) is 48.5 Å². The second kappa shape index (κ2) is 8.03. The SMILES string of the molecule is NCc1ccc(C(C(=O)c2nc3ccccc3s2)c2cc3cc(C(N)=O)ccc3o2)cc1. The smallest absolute Gasteiger partial charge is 0.248 e. The Hall–Kier alpha value is -3.81. The van der Waals surface area contributed by atoms with Crippen molar-refractivity contribution in [2.45, 2.75) is 12.5 Å². The molecule has 0 aliphatic carbocycles. The van der Waals surface area contributed by atoms with Gasteiger partial charge in [0, 0.05) is 17.5 Å². The minimum atomic E-state index is -0.688. The molecule has 2 heterocycles. The van der Waals surface area contributed by atoms with E-state index in [4.69, 9.17) is 15.9 Å². The highest BCUT2D eigenvalue weighted by atomic mass is 32.1. The number of nitrogens with two attached hydrogens (primary N) is 2. The van der Waals surface area contributed by atoms with Gasteiger partial charge in [-0.3, -0.25) is 9.59 Å². The maximum atomic E-state index is 13.7. The minimum absolute atomic E-state index is 0.152. The standard InChI is InChI=1S/C25H19N3O3S/c26-13-14-5-7-15(8-6-14)22(23(29)25-28-18-3-1-2-4-21(18)32-25)20-12-17-11-16(24(27)30)9-10-19(17)31-20/h1-12,22H,13,26H2,(H2,27,30). The first-order valence-electron chi connectivity index (χ1n) is 10.1. The Bertz CT molecular complexity index is 1430. The van der Waals surface area contributed by atoms with Crippen molar-refractivity contribution < 1.29 is 14.0 Å². The first kappa shape index (κ1) is 20.1. The lowest BCUT2D eigenvalue weighted by atomic mass is 9.91. The lowest BCUT2D eigenvalue weighted by Gasteiger charge is -2.13. The van der Waals surface area contributed by atoms with Crippen molar-refractivity contribution in [1.82, 2.24) is 4.98 Å². The van der Waals surface area contributed by atoms with Gasteiger partial charge >= 0.3 is 0 Å². The first-order chi connectivity index (χ1) is 15.5. The summed E-state index contributed by atoms with van der Waals surface area (Å²) in [4.78, 5) is 29.8. The van der Waals surface area contributed by atoms with Crippen molar-refractivity contribution in [3.05, 3.63) is 100 Å². The van der Waals surface area contributed by atoms with Gasteiger partial charge in [0.1, 0.15) is 17.3 Å². The van der Waals surface area contributed by atoms with E-state index < -0.39 is 11.8 Å². The number of benzene rings is 3. The molecule has 32 heavy (non-hydrogen) atoms. The quantitative estimate of drug-likeness (QED) is 0.374. The van der Waals surface area contributed by atoms with Crippen molar-refractivity contribution in [3.8, 4) is 0 Å². The third kappa shape index (κ3) is 3.57. The number of fused-ring (bicyclic) bond motifs is 2. The van der Waals surface area contributed by atoms with Gasteiger partial charge in [-0.05, 0) is 47.5 Å². The summed E-state index contributed by atoms with van der Waals surface area (Å²) in [6.07, 6.45) is 0. The van der Waals surface area contributed by atoms with Gasteiger partial charge in [0.05, 0.1) is 10.2 Å². The van der Waals surface area contributed by atoms with Crippen molar-refractivity contribution in [1.29, 1.82) is 0 Å². The molecule has 5 rings (SSSR count).